The Hall–Kier alpha value is -3.50. The van der Waals surface area contributed by atoms with Crippen LogP contribution in [0.15, 0.2) is 69.4 Å². The quantitative estimate of drug-likeness (QED) is 0.507. The Kier molecular flexibility index (Phi) is 4.44. The molecule has 0 saturated carbocycles. The monoisotopic (exact) mass is 430 g/mol. The van der Waals surface area contributed by atoms with E-state index in [1.807, 2.05) is 0 Å². The summed E-state index contributed by atoms with van der Waals surface area (Å²) in [6, 6.07) is 10.2. The van der Waals surface area contributed by atoms with Crippen LogP contribution in [0.25, 0.3) is 16.9 Å². The summed E-state index contributed by atoms with van der Waals surface area (Å²) in [4.78, 5) is 30.0. The van der Waals surface area contributed by atoms with Crippen molar-refractivity contribution < 1.29 is 18.3 Å². The number of carboxylic acid groups (broad SMARTS) is 1. The number of nitrogens with one attached hydrogen (secondary N) is 1. The molecule has 9 nitrogen and oxygen atoms in total. The molecule has 0 spiro atoms. The van der Waals surface area contributed by atoms with Gasteiger partial charge in [-0.05, 0) is 24.3 Å². The molecule has 146 valence electrons. The van der Waals surface area contributed by atoms with Gasteiger partial charge in [-0.25, -0.2) is 22.9 Å². The lowest BCUT2D eigenvalue weighted by Crippen LogP contribution is -2.14. The SMILES string of the molecule is O=C(O)c1cnn(-c2nc3cc(S(=O)(=O)c4ccccc4)c(Cl)cc3c(=O)[nH]2)c1. The number of aromatic amines is 1. The van der Waals surface area contributed by atoms with Gasteiger partial charge in [0.15, 0.2) is 0 Å². The van der Waals surface area contributed by atoms with Gasteiger partial charge in [0.25, 0.3) is 5.56 Å². The molecule has 4 rings (SSSR count). The largest absolute Gasteiger partial charge is 0.478 e. The first-order valence-corrected chi connectivity index (χ1v) is 9.95. The third-order valence-electron chi connectivity index (χ3n) is 4.14. The zero-order valence-corrected chi connectivity index (χ0v) is 16.0. The van der Waals surface area contributed by atoms with Crippen LogP contribution in [-0.4, -0.2) is 39.2 Å². The first kappa shape index (κ1) is 18.8. The Balaban J connectivity index is 1.92. The predicted octanol–water partition coefficient (Wildman–Crippen LogP) is 2.29. The molecular formula is C18H11ClN4O5S. The van der Waals surface area contributed by atoms with Crippen LogP contribution in [0.4, 0.5) is 0 Å². The molecule has 11 heteroatoms. The maximum absolute atomic E-state index is 12.9. The lowest BCUT2D eigenvalue weighted by atomic mass is 10.2. The van der Waals surface area contributed by atoms with Crippen molar-refractivity contribution in [1.82, 2.24) is 19.7 Å². The standard InChI is InChI=1S/C18H11ClN4O5S/c19-13-6-12-14(7-15(13)29(27,28)11-4-2-1-3-5-11)21-18(22-16(12)24)23-9-10(8-20-23)17(25)26/h1-9H,(H,25,26)(H,21,22,24). The summed E-state index contributed by atoms with van der Waals surface area (Å²) in [5, 5.41) is 12.8. The molecule has 0 aliphatic carbocycles. The van der Waals surface area contributed by atoms with Gasteiger partial charge in [0.2, 0.25) is 15.8 Å². The topological polar surface area (TPSA) is 135 Å². The van der Waals surface area contributed by atoms with Gasteiger partial charge in [-0.15, -0.1) is 0 Å². The lowest BCUT2D eigenvalue weighted by Gasteiger charge is -2.09. The van der Waals surface area contributed by atoms with Crippen molar-refractivity contribution >= 4 is 38.3 Å². The molecular weight excluding hydrogens is 420 g/mol. The van der Waals surface area contributed by atoms with Gasteiger partial charge in [-0.2, -0.15) is 5.10 Å². The van der Waals surface area contributed by atoms with Crippen LogP contribution in [-0.2, 0) is 9.84 Å². The number of hydrogen-bond acceptors (Lipinski definition) is 6. The number of benzene rings is 2. The van der Waals surface area contributed by atoms with E-state index in [4.69, 9.17) is 16.7 Å². The number of hydrogen-bond donors (Lipinski definition) is 2. The number of H-pyrrole nitrogens is 1. The zero-order valence-electron chi connectivity index (χ0n) is 14.4. The van der Waals surface area contributed by atoms with E-state index in [2.05, 4.69) is 15.1 Å². The number of halogens is 1. The number of carboxylic acids is 1. The van der Waals surface area contributed by atoms with E-state index in [1.165, 1.54) is 30.5 Å². The fourth-order valence-electron chi connectivity index (χ4n) is 2.72. The van der Waals surface area contributed by atoms with Gasteiger partial charge in [0.1, 0.15) is 0 Å². The van der Waals surface area contributed by atoms with Crippen LogP contribution in [0, 0.1) is 0 Å². The fraction of sp³-hybridized carbons (Fsp3) is 0. The van der Waals surface area contributed by atoms with Crippen LogP contribution in [0.3, 0.4) is 0 Å². The normalized spacial score (nSPS) is 11.6. The minimum atomic E-state index is -3.94. The fourth-order valence-corrected chi connectivity index (χ4v) is 4.54. The summed E-state index contributed by atoms with van der Waals surface area (Å²) in [6.45, 7) is 0. The van der Waals surface area contributed by atoms with Gasteiger partial charge in [0, 0.05) is 6.20 Å². The second-order valence-corrected chi connectivity index (χ2v) is 8.31. The number of nitrogens with zero attached hydrogens (tertiary/aromatic N) is 3. The van der Waals surface area contributed by atoms with Gasteiger partial charge < -0.3 is 5.11 Å². The molecule has 0 atom stereocenters. The van der Waals surface area contributed by atoms with Crippen molar-refractivity contribution in [2.24, 2.45) is 0 Å². The van der Waals surface area contributed by atoms with Gasteiger partial charge in [-0.1, -0.05) is 29.8 Å². The lowest BCUT2D eigenvalue weighted by molar-refractivity contribution is 0.0697. The molecule has 2 heterocycles. The van der Waals surface area contributed by atoms with Crippen LogP contribution >= 0.6 is 11.6 Å². The van der Waals surface area contributed by atoms with E-state index in [0.717, 1.165) is 10.9 Å². The summed E-state index contributed by atoms with van der Waals surface area (Å²) in [6.07, 6.45) is 2.27. The van der Waals surface area contributed by atoms with Crippen LogP contribution in [0.2, 0.25) is 5.02 Å². The average molecular weight is 431 g/mol. The third kappa shape index (κ3) is 3.28. The van der Waals surface area contributed by atoms with Crippen molar-refractivity contribution in [2.75, 3.05) is 0 Å². The molecule has 0 aliphatic rings. The molecule has 0 aliphatic heterocycles. The number of fused-ring (bicyclic) bond motifs is 1. The van der Waals surface area contributed by atoms with E-state index >= 15 is 0 Å². The molecule has 2 aromatic carbocycles. The molecule has 2 aromatic heterocycles. The number of carbonyl (C=O) groups is 1. The summed E-state index contributed by atoms with van der Waals surface area (Å²) in [5.41, 5.74) is -0.617. The van der Waals surface area contributed by atoms with E-state index in [-0.39, 0.29) is 37.2 Å². The summed E-state index contributed by atoms with van der Waals surface area (Å²) < 4.78 is 26.9. The summed E-state index contributed by atoms with van der Waals surface area (Å²) in [5.74, 6) is -1.26. The van der Waals surface area contributed by atoms with Crippen molar-refractivity contribution in [3.63, 3.8) is 0 Å². The number of sulfone groups is 1. The number of rotatable bonds is 4. The van der Waals surface area contributed by atoms with Crippen LogP contribution < -0.4 is 5.56 Å². The smallest absolute Gasteiger partial charge is 0.338 e. The minimum Gasteiger partial charge on any atom is -0.478 e. The molecule has 0 fully saturated rings. The van der Waals surface area contributed by atoms with Crippen molar-refractivity contribution in [3.8, 4) is 5.95 Å². The van der Waals surface area contributed by atoms with Crippen molar-refractivity contribution in [1.29, 1.82) is 0 Å². The molecule has 2 N–H and O–H groups in total. The molecule has 0 bridgehead atoms. The zero-order chi connectivity index (χ0) is 20.8. The first-order valence-electron chi connectivity index (χ1n) is 8.09. The Morgan fingerprint density at radius 1 is 1.17 bits per heavy atom. The Labute approximate surface area is 168 Å². The predicted molar refractivity (Wildman–Crippen MR) is 103 cm³/mol. The van der Waals surface area contributed by atoms with E-state index in [9.17, 15) is 18.0 Å². The van der Waals surface area contributed by atoms with Crippen molar-refractivity contribution in [2.45, 2.75) is 9.79 Å². The molecule has 0 amide bonds. The highest BCUT2D eigenvalue weighted by Crippen LogP contribution is 2.30. The Morgan fingerprint density at radius 3 is 2.55 bits per heavy atom. The molecule has 0 saturated heterocycles. The second kappa shape index (κ2) is 6.83. The Morgan fingerprint density at radius 2 is 1.90 bits per heavy atom. The highest BCUT2D eigenvalue weighted by atomic mass is 35.5. The third-order valence-corrected chi connectivity index (χ3v) is 6.37. The van der Waals surface area contributed by atoms with Crippen LogP contribution in [0.5, 0.6) is 0 Å². The molecule has 4 aromatic rings. The number of aromatic nitrogens is 4. The van der Waals surface area contributed by atoms with Crippen molar-refractivity contribution in [3.05, 3.63) is 75.8 Å². The van der Waals surface area contributed by atoms with E-state index < -0.39 is 21.4 Å². The maximum Gasteiger partial charge on any atom is 0.338 e. The Bertz CT molecular complexity index is 1430. The number of aromatic carboxylic acids is 1. The van der Waals surface area contributed by atoms with E-state index in [1.54, 1.807) is 18.2 Å². The average Bonchev–Trinajstić information content (AvgIpc) is 3.19. The van der Waals surface area contributed by atoms with Crippen LogP contribution in [0.1, 0.15) is 10.4 Å². The van der Waals surface area contributed by atoms with Gasteiger partial charge in [0.05, 0.1) is 37.5 Å². The minimum absolute atomic E-state index is 0.0458. The summed E-state index contributed by atoms with van der Waals surface area (Å²) in [7, 11) is -3.94. The molecule has 29 heavy (non-hydrogen) atoms. The van der Waals surface area contributed by atoms with E-state index in [0.29, 0.717) is 0 Å². The summed E-state index contributed by atoms with van der Waals surface area (Å²) >= 11 is 6.16. The highest BCUT2D eigenvalue weighted by Gasteiger charge is 2.22. The van der Waals surface area contributed by atoms with Gasteiger partial charge >= 0.3 is 5.97 Å². The first-order chi connectivity index (χ1) is 13.8. The second-order valence-electron chi connectivity index (χ2n) is 5.98. The maximum atomic E-state index is 12.9. The van der Waals surface area contributed by atoms with Gasteiger partial charge in [-0.3, -0.25) is 9.78 Å². The highest BCUT2D eigenvalue weighted by molar-refractivity contribution is 7.91. The molecule has 0 unspecified atom stereocenters. The molecule has 0 radical (unpaired) electrons.